The van der Waals surface area contributed by atoms with Crippen molar-refractivity contribution in [2.24, 2.45) is 0 Å². The van der Waals surface area contributed by atoms with Gasteiger partial charge >= 0.3 is 31.2 Å². The Morgan fingerprint density at radius 2 is 1.10 bits per heavy atom. The van der Waals surface area contributed by atoms with Gasteiger partial charge < -0.3 is 47.5 Å². The molecule has 2 aromatic heterocycles. The van der Waals surface area contributed by atoms with Crippen molar-refractivity contribution in [2.75, 3.05) is 54.6 Å². The van der Waals surface area contributed by atoms with Crippen LogP contribution in [0.2, 0.25) is 0 Å². The van der Waals surface area contributed by atoms with Gasteiger partial charge in [0.25, 0.3) is 0 Å². The summed E-state index contributed by atoms with van der Waals surface area (Å²) in [5.41, 5.74) is 2.05. The highest BCUT2D eigenvalue weighted by Crippen LogP contribution is 2.40. The van der Waals surface area contributed by atoms with Crippen LogP contribution in [-0.2, 0) is 28.3 Å². The second-order valence-corrected chi connectivity index (χ2v) is 20.1. The zero-order chi connectivity index (χ0) is 50.4. The smallest absolute Gasteiger partial charge is 0.490 e. The third-order valence-corrected chi connectivity index (χ3v) is 12.2. The number of carbonyl (C=O) groups excluding carboxylic acids is 4. The van der Waals surface area contributed by atoms with Crippen LogP contribution in [0.1, 0.15) is 109 Å². The molecule has 5 heterocycles. The van der Waals surface area contributed by atoms with Crippen molar-refractivity contribution in [1.82, 2.24) is 19.8 Å². The van der Waals surface area contributed by atoms with E-state index in [1.54, 1.807) is 48.5 Å². The molecular formula is C50H64BBrN4O12. The summed E-state index contributed by atoms with van der Waals surface area (Å²) >= 11 is 3.43. The molecule has 68 heavy (non-hydrogen) atoms. The third kappa shape index (κ3) is 13.1. The summed E-state index contributed by atoms with van der Waals surface area (Å²) < 4.78 is 44.0. The molecule has 366 valence electrons. The molecule has 0 saturated carbocycles. The number of hydrogen-bond donors (Lipinski definition) is 0. The van der Waals surface area contributed by atoms with Crippen molar-refractivity contribution < 1.29 is 56.9 Å². The summed E-state index contributed by atoms with van der Waals surface area (Å²) in [4.78, 5) is 59.3. The molecule has 3 aliphatic heterocycles. The molecule has 2 aromatic carbocycles. The first-order valence-corrected chi connectivity index (χ1v) is 23.1. The summed E-state index contributed by atoms with van der Waals surface area (Å²) in [5.74, 6) is 0.447. The summed E-state index contributed by atoms with van der Waals surface area (Å²) in [7, 11) is 5.54. The first kappa shape index (κ1) is 53.2. The van der Waals surface area contributed by atoms with E-state index in [0.29, 0.717) is 44.1 Å². The average Bonchev–Trinajstić information content (AvgIpc) is 3.52. The second-order valence-electron chi connectivity index (χ2n) is 19.2. The van der Waals surface area contributed by atoms with Gasteiger partial charge in [0.15, 0.2) is 0 Å². The van der Waals surface area contributed by atoms with E-state index in [2.05, 4.69) is 30.6 Å². The number of esters is 2. The Hall–Kier alpha value is -5.72. The van der Waals surface area contributed by atoms with Crippen LogP contribution in [0.25, 0.3) is 27.1 Å². The van der Waals surface area contributed by atoms with Gasteiger partial charge in [-0.3, -0.25) is 0 Å². The minimum atomic E-state index is -0.523. The number of carbonyl (C=O) groups is 4. The van der Waals surface area contributed by atoms with Crippen molar-refractivity contribution >= 4 is 74.3 Å². The highest BCUT2D eigenvalue weighted by molar-refractivity contribution is 9.10. The number of rotatable bonds is 6. The lowest BCUT2D eigenvalue weighted by Gasteiger charge is -2.32. The number of aromatic nitrogens is 2. The minimum Gasteiger partial charge on any atom is -0.496 e. The molecule has 18 heteroatoms. The zero-order valence-corrected chi connectivity index (χ0v) is 43.2. The van der Waals surface area contributed by atoms with Crippen molar-refractivity contribution in [3.63, 3.8) is 0 Å². The molecule has 1 saturated heterocycles. The van der Waals surface area contributed by atoms with Gasteiger partial charge in [0.05, 0.1) is 39.6 Å². The largest absolute Gasteiger partial charge is 0.496 e. The molecule has 0 bridgehead atoms. The SMILES string of the molecule is CC(C)(C)OC(=O)N1CC=C(B2OC(C)(C)C(C)(C)O2)CC1.COC(=O)c1cc2c(Br)ccc(OC)c2cn1.COC(=O)c1cc2c(C3=CCN(C(=O)OC(C)(C)C)CC3)ccc(OC)c2cn1. The second kappa shape index (κ2) is 21.7. The molecule has 0 unspecified atom stereocenters. The number of pyridine rings is 2. The molecule has 3 aliphatic rings. The number of ether oxygens (including phenoxy) is 6. The van der Waals surface area contributed by atoms with Crippen molar-refractivity contribution in [3.8, 4) is 11.5 Å². The standard InChI is InChI=1S/C22H26N2O5.C16H28BNO4.C12H10BrNO3/c1-22(2,3)29-21(26)24-10-8-14(9-11-24)15-6-7-19(27-4)17-13-23-18(12-16(15)17)20(25)28-5;1-14(2,3)20-13(19)18-10-8-12(9-11-18)17-21-15(4,5)16(6,7)22-17;1-16-11-4-3-9(13)7-5-10(12(15)17-2)14-6-8(7)11/h6-8,12-13H,9-11H2,1-5H3;8H,9-11H2,1-7H3;3-6H,1-2H3. The highest BCUT2D eigenvalue weighted by atomic mass is 79.9. The Morgan fingerprint density at radius 1 is 0.647 bits per heavy atom. The molecule has 16 nitrogen and oxygen atoms in total. The lowest BCUT2D eigenvalue weighted by atomic mass is 9.75. The van der Waals surface area contributed by atoms with E-state index in [1.807, 2.05) is 106 Å². The predicted molar refractivity (Wildman–Crippen MR) is 264 cm³/mol. The maximum atomic E-state index is 12.3. The van der Waals surface area contributed by atoms with Gasteiger partial charge in [-0.25, -0.2) is 29.1 Å². The van der Waals surface area contributed by atoms with Gasteiger partial charge in [-0.2, -0.15) is 0 Å². The Labute approximate surface area is 407 Å². The van der Waals surface area contributed by atoms with Crippen molar-refractivity contribution in [3.05, 3.63) is 87.8 Å². The van der Waals surface area contributed by atoms with E-state index in [4.69, 9.17) is 33.0 Å². The summed E-state index contributed by atoms with van der Waals surface area (Å²) in [6, 6.07) is 11.0. The van der Waals surface area contributed by atoms with Crippen molar-refractivity contribution in [1.29, 1.82) is 0 Å². The Kier molecular flexibility index (Phi) is 17.0. The van der Waals surface area contributed by atoms with Gasteiger partial charge in [0, 0.05) is 59.2 Å². The Bertz CT molecular complexity index is 2570. The highest BCUT2D eigenvalue weighted by Gasteiger charge is 2.52. The van der Waals surface area contributed by atoms with Crippen LogP contribution < -0.4 is 9.47 Å². The topological polar surface area (TPSA) is 174 Å². The minimum absolute atomic E-state index is 0.237. The summed E-state index contributed by atoms with van der Waals surface area (Å²) in [6.45, 7) is 21.6. The quantitative estimate of drug-likeness (QED) is 0.101. The monoisotopic (exact) mass is 1000 g/mol. The fourth-order valence-corrected chi connectivity index (χ4v) is 7.71. The Balaban J connectivity index is 0.000000198. The zero-order valence-electron chi connectivity index (χ0n) is 41.7. The predicted octanol–water partition coefficient (Wildman–Crippen LogP) is 10.0. The van der Waals surface area contributed by atoms with Gasteiger partial charge in [0.1, 0.15) is 34.1 Å². The van der Waals surface area contributed by atoms with Crippen LogP contribution in [-0.4, -0.2) is 128 Å². The first-order valence-electron chi connectivity index (χ1n) is 22.3. The van der Waals surface area contributed by atoms with Crippen LogP contribution in [0.5, 0.6) is 11.5 Å². The molecule has 4 aromatic rings. The van der Waals surface area contributed by atoms with E-state index in [9.17, 15) is 19.2 Å². The number of halogens is 1. The molecule has 0 aliphatic carbocycles. The van der Waals surface area contributed by atoms with E-state index in [0.717, 1.165) is 49.0 Å². The van der Waals surface area contributed by atoms with E-state index < -0.39 is 23.1 Å². The van der Waals surface area contributed by atoms with Gasteiger partial charge in [-0.05, 0) is 134 Å². The van der Waals surface area contributed by atoms with Crippen molar-refractivity contribution in [2.45, 2.75) is 104 Å². The fraction of sp³-hybridized carbons (Fsp3) is 0.480. The van der Waals surface area contributed by atoms with Crippen LogP contribution in [0.4, 0.5) is 9.59 Å². The number of methoxy groups -OCH3 is 4. The number of benzene rings is 2. The van der Waals surface area contributed by atoms with Crippen LogP contribution in [0, 0.1) is 0 Å². The average molecular weight is 1000 g/mol. The molecular weight excluding hydrogens is 939 g/mol. The molecule has 0 N–H and O–H groups in total. The maximum Gasteiger partial charge on any atom is 0.490 e. The van der Waals surface area contributed by atoms with E-state index in [-0.39, 0.29) is 41.9 Å². The van der Waals surface area contributed by atoms with Crippen LogP contribution in [0.15, 0.2) is 70.9 Å². The van der Waals surface area contributed by atoms with Gasteiger partial charge in [-0.15, -0.1) is 0 Å². The number of nitrogens with zero attached hydrogens (tertiary/aromatic N) is 4. The number of hydrogen-bond acceptors (Lipinski definition) is 14. The molecule has 7 rings (SSSR count). The van der Waals surface area contributed by atoms with Gasteiger partial charge in [-0.1, -0.05) is 34.1 Å². The lowest BCUT2D eigenvalue weighted by molar-refractivity contribution is 0.00578. The molecule has 2 amide bonds. The van der Waals surface area contributed by atoms with Gasteiger partial charge in [0.2, 0.25) is 0 Å². The van der Waals surface area contributed by atoms with Crippen LogP contribution >= 0.6 is 15.9 Å². The summed E-state index contributed by atoms with van der Waals surface area (Å²) in [5, 5.41) is 3.37. The fourth-order valence-electron chi connectivity index (χ4n) is 7.25. The number of fused-ring (bicyclic) bond motifs is 2. The van der Waals surface area contributed by atoms with E-state index in [1.165, 1.54) is 14.2 Å². The lowest BCUT2D eigenvalue weighted by Crippen LogP contribution is -2.41. The molecule has 0 radical (unpaired) electrons. The molecule has 0 atom stereocenters. The van der Waals surface area contributed by atoms with Crippen LogP contribution in [0.3, 0.4) is 0 Å². The Morgan fingerprint density at radius 3 is 1.53 bits per heavy atom. The normalized spacial score (nSPS) is 16.5. The van der Waals surface area contributed by atoms with E-state index >= 15 is 0 Å². The maximum absolute atomic E-state index is 12.3. The first-order chi connectivity index (χ1) is 31.8. The molecule has 1 fully saturated rings. The molecule has 0 spiro atoms. The third-order valence-electron chi connectivity index (χ3n) is 11.6. The number of amides is 2. The summed E-state index contributed by atoms with van der Waals surface area (Å²) in [6.07, 6.45) is 8.11.